The van der Waals surface area contributed by atoms with Gasteiger partial charge in [0.15, 0.2) is 0 Å². The third-order valence-corrected chi connectivity index (χ3v) is 4.82. The monoisotopic (exact) mass is 322 g/mol. The van der Waals surface area contributed by atoms with Crippen molar-refractivity contribution in [2.45, 2.75) is 25.2 Å². The van der Waals surface area contributed by atoms with Crippen molar-refractivity contribution in [1.29, 1.82) is 0 Å². The molecule has 2 amide bonds. The van der Waals surface area contributed by atoms with Crippen LogP contribution < -0.4 is 0 Å². The van der Waals surface area contributed by atoms with E-state index in [1.807, 2.05) is 21.9 Å². The maximum Gasteiger partial charge on any atom is 0.320 e. The summed E-state index contributed by atoms with van der Waals surface area (Å²) in [5.74, 6) is 0.407. The van der Waals surface area contributed by atoms with Crippen molar-refractivity contribution in [3.63, 3.8) is 0 Å². The third-order valence-electron chi connectivity index (χ3n) is 4.56. The average molecular weight is 323 g/mol. The van der Waals surface area contributed by atoms with E-state index < -0.39 is 0 Å². The van der Waals surface area contributed by atoms with Crippen LogP contribution >= 0.6 is 11.6 Å². The standard InChI is InChI=1S/C17H23ClN2O2/c18-16-6-4-14(5-7-16)15-3-1-2-8-20(13-15)17(21)19-9-11-22-12-10-19/h4-7,15H,1-3,8-13H2. The number of urea groups is 1. The van der Waals surface area contributed by atoms with E-state index in [2.05, 4.69) is 12.1 Å². The molecule has 0 N–H and O–H groups in total. The molecule has 3 rings (SSSR count). The first-order valence-electron chi connectivity index (χ1n) is 8.11. The fourth-order valence-corrected chi connectivity index (χ4v) is 3.40. The van der Waals surface area contributed by atoms with Gasteiger partial charge in [-0.1, -0.05) is 30.2 Å². The number of hydrogen-bond donors (Lipinski definition) is 0. The molecule has 1 atom stereocenters. The van der Waals surface area contributed by atoms with Crippen LogP contribution in [0.15, 0.2) is 24.3 Å². The number of likely N-dealkylation sites (tertiary alicyclic amines) is 1. The van der Waals surface area contributed by atoms with Gasteiger partial charge in [-0.15, -0.1) is 0 Å². The van der Waals surface area contributed by atoms with Crippen molar-refractivity contribution in [2.24, 2.45) is 0 Å². The van der Waals surface area contributed by atoms with Crippen molar-refractivity contribution in [1.82, 2.24) is 9.80 Å². The van der Waals surface area contributed by atoms with E-state index in [-0.39, 0.29) is 6.03 Å². The number of rotatable bonds is 1. The molecule has 120 valence electrons. The minimum absolute atomic E-state index is 0.171. The summed E-state index contributed by atoms with van der Waals surface area (Å²) in [4.78, 5) is 16.7. The zero-order chi connectivity index (χ0) is 15.4. The second-order valence-corrected chi connectivity index (χ2v) is 6.51. The summed E-state index contributed by atoms with van der Waals surface area (Å²) in [6.07, 6.45) is 3.38. The van der Waals surface area contributed by atoms with Crippen LogP contribution in [0.25, 0.3) is 0 Å². The van der Waals surface area contributed by atoms with Crippen LogP contribution in [-0.4, -0.2) is 55.2 Å². The molecule has 0 bridgehead atoms. The lowest BCUT2D eigenvalue weighted by Crippen LogP contribution is -2.49. The van der Waals surface area contributed by atoms with E-state index in [0.717, 1.165) is 31.0 Å². The third kappa shape index (κ3) is 3.73. The Morgan fingerprint density at radius 2 is 1.77 bits per heavy atom. The fraction of sp³-hybridized carbons (Fsp3) is 0.588. The van der Waals surface area contributed by atoms with Gasteiger partial charge < -0.3 is 14.5 Å². The first-order valence-corrected chi connectivity index (χ1v) is 8.49. The molecule has 0 aromatic heterocycles. The van der Waals surface area contributed by atoms with Crippen molar-refractivity contribution >= 4 is 17.6 Å². The Bertz CT molecular complexity index is 500. The van der Waals surface area contributed by atoms with Crippen molar-refractivity contribution in [3.05, 3.63) is 34.9 Å². The molecule has 1 aromatic carbocycles. The first-order chi connectivity index (χ1) is 10.7. The van der Waals surface area contributed by atoms with Crippen molar-refractivity contribution < 1.29 is 9.53 Å². The van der Waals surface area contributed by atoms with Gasteiger partial charge in [-0.05, 0) is 30.5 Å². The highest BCUT2D eigenvalue weighted by atomic mass is 35.5. The molecule has 1 unspecified atom stereocenters. The molecule has 22 heavy (non-hydrogen) atoms. The zero-order valence-electron chi connectivity index (χ0n) is 12.8. The summed E-state index contributed by atoms with van der Waals surface area (Å²) in [7, 11) is 0. The van der Waals surface area contributed by atoms with E-state index in [0.29, 0.717) is 32.2 Å². The Kier molecular flexibility index (Phi) is 5.21. The summed E-state index contributed by atoms with van der Waals surface area (Å²) in [6.45, 7) is 4.39. The van der Waals surface area contributed by atoms with Gasteiger partial charge in [0.05, 0.1) is 13.2 Å². The highest BCUT2D eigenvalue weighted by Crippen LogP contribution is 2.28. The predicted octanol–water partition coefficient (Wildman–Crippen LogP) is 3.36. The fourth-order valence-electron chi connectivity index (χ4n) is 3.28. The highest BCUT2D eigenvalue weighted by Gasteiger charge is 2.27. The van der Waals surface area contributed by atoms with Gasteiger partial charge in [0, 0.05) is 37.1 Å². The Labute approximate surface area is 137 Å². The molecule has 0 spiro atoms. The molecule has 0 aliphatic carbocycles. The lowest BCUT2D eigenvalue weighted by molar-refractivity contribution is 0.0432. The highest BCUT2D eigenvalue weighted by molar-refractivity contribution is 6.30. The molecule has 2 saturated heterocycles. The summed E-state index contributed by atoms with van der Waals surface area (Å²) < 4.78 is 5.34. The number of hydrogen-bond acceptors (Lipinski definition) is 2. The summed E-state index contributed by atoms with van der Waals surface area (Å²) >= 11 is 5.98. The quantitative estimate of drug-likeness (QED) is 0.794. The van der Waals surface area contributed by atoms with Crippen LogP contribution in [0.3, 0.4) is 0 Å². The van der Waals surface area contributed by atoms with Gasteiger partial charge >= 0.3 is 6.03 Å². The normalized spacial score (nSPS) is 23.2. The molecule has 4 nitrogen and oxygen atoms in total. The minimum Gasteiger partial charge on any atom is -0.378 e. The van der Waals surface area contributed by atoms with Crippen LogP contribution in [0.1, 0.15) is 30.7 Å². The molecule has 0 saturated carbocycles. The maximum absolute atomic E-state index is 12.7. The number of morpholine rings is 1. The second kappa shape index (κ2) is 7.34. The SMILES string of the molecule is O=C(N1CCOCC1)N1CCCCC(c2ccc(Cl)cc2)C1. The van der Waals surface area contributed by atoms with Crippen molar-refractivity contribution in [3.8, 4) is 0 Å². The predicted molar refractivity (Wildman–Crippen MR) is 87.4 cm³/mol. The smallest absolute Gasteiger partial charge is 0.320 e. The lowest BCUT2D eigenvalue weighted by atomic mass is 9.94. The number of carbonyl (C=O) groups excluding carboxylic acids is 1. The first kappa shape index (κ1) is 15.6. The molecule has 2 heterocycles. The van der Waals surface area contributed by atoms with Crippen LogP contribution in [-0.2, 0) is 4.74 Å². The van der Waals surface area contributed by atoms with Crippen LogP contribution in [0.5, 0.6) is 0 Å². The van der Waals surface area contributed by atoms with Gasteiger partial charge in [-0.3, -0.25) is 0 Å². The summed E-state index contributed by atoms with van der Waals surface area (Å²) in [5, 5.41) is 0.763. The molecular formula is C17H23ClN2O2. The number of ether oxygens (including phenoxy) is 1. The Morgan fingerprint density at radius 3 is 2.50 bits per heavy atom. The van der Waals surface area contributed by atoms with Gasteiger partial charge in [-0.2, -0.15) is 0 Å². The van der Waals surface area contributed by atoms with Crippen LogP contribution in [0.2, 0.25) is 5.02 Å². The molecule has 5 heteroatoms. The number of amides is 2. The van der Waals surface area contributed by atoms with E-state index in [1.165, 1.54) is 12.0 Å². The minimum atomic E-state index is 0.171. The van der Waals surface area contributed by atoms with E-state index in [4.69, 9.17) is 16.3 Å². The Hall–Kier alpha value is -1.26. The molecule has 2 aliphatic heterocycles. The van der Waals surface area contributed by atoms with E-state index in [9.17, 15) is 4.79 Å². The summed E-state index contributed by atoms with van der Waals surface area (Å²) in [6, 6.07) is 8.24. The topological polar surface area (TPSA) is 32.8 Å². The van der Waals surface area contributed by atoms with E-state index >= 15 is 0 Å². The number of halogens is 1. The van der Waals surface area contributed by atoms with E-state index in [1.54, 1.807) is 0 Å². The van der Waals surface area contributed by atoms with Gasteiger partial charge in [0.25, 0.3) is 0 Å². The Morgan fingerprint density at radius 1 is 1.05 bits per heavy atom. The number of benzene rings is 1. The van der Waals surface area contributed by atoms with Crippen LogP contribution in [0.4, 0.5) is 4.79 Å². The zero-order valence-corrected chi connectivity index (χ0v) is 13.6. The molecule has 2 aliphatic rings. The maximum atomic E-state index is 12.7. The van der Waals surface area contributed by atoms with Gasteiger partial charge in [-0.25, -0.2) is 4.79 Å². The molecule has 0 radical (unpaired) electrons. The number of carbonyl (C=O) groups is 1. The number of nitrogens with zero attached hydrogens (tertiary/aromatic N) is 2. The second-order valence-electron chi connectivity index (χ2n) is 6.07. The molecule has 2 fully saturated rings. The molecular weight excluding hydrogens is 300 g/mol. The van der Waals surface area contributed by atoms with Crippen molar-refractivity contribution in [2.75, 3.05) is 39.4 Å². The largest absolute Gasteiger partial charge is 0.378 e. The average Bonchev–Trinajstić information content (AvgIpc) is 2.82. The summed E-state index contributed by atoms with van der Waals surface area (Å²) in [5.41, 5.74) is 1.28. The van der Waals surface area contributed by atoms with Crippen LogP contribution in [0, 0.1) is 0 Å². The van der Waals surface area contributed by atoms with Gasteiger partial charge in [0.1, 0.15) is 0 Å². The van der Waals surface area contributed by atoms with Gasteiger partial charge in [0.2, 0.25) is 0 Å². The molecule has 1 aromatic rings. The lowest BCUT2D eigenvalue weighted by Gasteiger charge is -2.33. The Balaban J connectivity index is 1.69.